The van der Waals surface area contributed by atoms with E-state index < -0.39 is 0 Å². The molecular formula is C18H28O. The van der Waals surface area contributed by atoms with E-state index in [1.165, 1.54) is 19.3 Å². The average Bonchev–Trinajstić information content (AvgIpc) is 2.37. The van der Waals surface area contributed by atoms with E-state index in [2.05, 4.69) is 39.8 Å². The summed E-state index contributed by atoms with van der Waals surface area (Å²) in [6.45, 7) is 10.4. The normalized spacial score (nSPS) is 46.5. The second-order valence-corrected chi connectivity index (χ2v) is 7.30. The number of rotatable bonds is 1. The summed E-state index contributed by atoms with van der Waals surface area (Å²) in [4.78, 5) is 0. The van der Waals surface area contributed by atoms with Crippen molar-refractivity contribution >= 4 is 0 Å². The molecule has 1 saturated heterocycles. The molecule has 1 fully saturated rings. The Balaban J connectivity index is 1.81. The summed E-state index contributed by atoms with van der Waals surface area (Å²) < 4.78 is 6.36. The third-order valence-electron chi connectivity index (χ3n) is 5.85. The van der Waals surface area contributed by atoms with E-state index in [1.807, 2.05) is 0 Å². The Hall–Kier alpha value is -0.560. The molecule has 0 unspecified atom stereocenters. The summed E-state index contributed by atoms with van der Waals surface area (Å²) in [5, 5.41) is 0. The van der Waals surface area contributed by atoms with Crippen LogP contribution in [0.2, 0.25) is 0 Å². The van der Waals surface area contributed by atoms with Gasteiger partial charge in [-0.05, 0) is 56.8 Å². The smallest absolute Gasteiger partial charge is 0.0674 e. The van der Waals surface area contributed by atoms with Crippen LogP contribution in [-0.2, 0) is 4.74 Å². The van der Waals surface area contributed by atoms with Gasteiger partial charge < -0.3 is 4.74 Å². The quantitative estimate of drug-likeness (QED) is 0.626. The van der Waals surface area contributed by atoms with Crippen molar-refractivity contribution < 1.29 is 4.74 Å². The molecule has 1 aliphatic heterocycles. The molecule has 0 spiro atoms. The first-order valence-electron chi connectivity index (χ1n) is 8.01. The van der Waals surface area contributed by atoms with E-state index in [4.69, 9.17) is 4.74 Å². The molecule has 0 N–H and O–H groups in total. The Bertz CT molecular complexity index is 406. The van der Waals surface area contributed by atoms with Crippen molar-refractivity contribution in [2.24, 2.45) is 29.6 Å². The summed E-state index contributed by atoms with van der Waals surface area (Å²) >= 11 is 0. The highest BCUT2D eigenvalue weighted by molar-refractivity contribution is 5.17. The average molecular weight is 260 g/mol. The molecule has 6 atom stereocenters. The summed E-state index contributed by atoms with van der Waals surface area (Å²) in [7, 11) is 0. The van der Waals surface area contributed by atoms with Gasteiger partial charge in [-0.15, -0.1) is 0 Å². The van der Waals surface area contributed by atoms with Crippen molar-refractivity contribution in [1.29, 1.82) is 0 Å². The van der Waals surface area contributed by atoms with Crippen LogP contribution >= 0.6 is 0 Å². The van der Waals surface area contributed by atoms with Crippen LogP contribution in [0.15, 0.2) is 23.3 Å². The van der Waals surface area contributed by atoms with Crippen molar-refractivity contribution in [3.05, 3.63) is 23.3 Å². The number of ether oxygens (including phenoxy) is 1. The molecule has 2 bridgehead atoms. The molecule has 3 rings (SSSR count). The van der Waals surface area contributed by atoms with Crippen molar-refractivity contribution in [2.45, 2.75) is 53.1 Å². The van der Waals surface area contributed by atoms with E-state index in [9.17, 15) is 0 Å². The minimum Gasteiger partial charge on any atom is -0.377 e. The van der Waals surface area contributed by atoms with Gasteiger partial charge in [0.2, 0.25) is 0 Å². The highest BCUT2D eigenvalue weighted by atomic mass is 16.5. The van der Waals surface area contributed by atoms with Crippen molar-refractivity contribution in [2.75, 3.05) is 6.61 Å². The van der Waals surface area contributed by atoms with Crippen LogP contribution in [-0.4, -0.2) is 12.7 Å². The van der Waals surface area contributed by atoms with Gasteiger partial charge in [0.1, 0.15) is 0 Å². The summed E-state index contributed by atoms with van der Waals surface area (Å²) in [5.41, 5.74) is 3.16. The van der Waals surface area contributed by atoms with Crippen molar-refractivity contribution in [3.63, 3.8) is 0 Å². The lowest BCUT2D eigenvalue weighted by molar-refractivity contribution is -0.0982. The van der Waals surface area contributed by atoms with Gasteiger partial charge in [0, 0.05) is 5.92 Å². The molecule has 1 heterocycles. The van der Waals surface area contributed by atoms with Crippen LogP contribution < -0.4 is 0 Å². The highest BCUT2D eigenvalue weighted by Gasteiger charge is 2.42. The molecule has 19 heavy (non-hydrogen) atoms. The van der Waals surface area contributed by atoms with Gasteiger partial charge in [-0.25, -0.2) is 0 Å². The number of hydrogen-bond donors (Lipinski definition) is 0. The van der Waals surface area contributed by atoms with E-state index >= 15 is 0 Å². The van der Waals surface area contributed by atoms with Gasteiger partial charge in [-0.1, -0.05) is 37.1 Å². The van der Waals surface area contributed by atoms with E-state index in [-0.39, 0.29) is 0 Å². The minimum atomic E-state index is 0.472. The van der Waals surface area contributed by atoms with Gasteiger partial charge in [-0.2, -0.15) is 0 Å². The molecule has 106 valence electrons. The van der Waals surface area contributed by atoms with E-state index in [0.29, 0.717) is 17.9 Å². The van der Waals surface area contributed by atoms with Gasteiger partial charge in [0.05, 0.1) is 12.7 Å². The maximum absolute atomic E-state index is 6.36. The predicted molar refractivity (Wildman–Crippen MR) is 79.9 cm³/mol. The zero-order chi connectivity index (χ0) is 13.6. The zero-order valence-electron chi connectivity index (χ0n) is 12.9. The first-order chi connectivity index (χ1) is 9.06. The summed E-state index contributed by atoms with van der Waals surface area (Å²) in [6.07, 6.45) is 9.29. The number of allylic oxidation sites excluding steroid dienone is 3. The summed E-state index contributed by atoms with van der Waals surface area (Å²) in [5.74, 6) is 3.67. The van der Waals surface area contributed by atoms with Crippen LogP contribution in [0.1, 0.15) is 47.0 Å². The van der Waals surface area contributed by atoms with E-state index in [1.54, 1.807) is 11.1 Å². The minimum absolute atomic E-state index is 0.472. The molecule has 0 aromatic carbocycles. The lowest BCUT2D eigenvalue weighted by Gasteiger charge is -2.47. The molecule has 0 saturated carbocycles. The van der Waals surface area contributed by atoms with Gasteiger partial charge in [0.15, 0.2) is 0 Å². The second kappa shape index (κ2) is 5.09. The van der Waals surface area contributed by atoms with Crippen LogP contribution in [0.3, 0.4) is 0 Å². The van der Waals surface area contributed by atoms with Crippen LogP contribution in [0.4, 0.5) is 0 Å². The maximum atomic E-state index is 6.36. The predicted octanol–water partition coefficient (Wildman–Crippen LogP) is 4.60. The first-order valence-corrected chi connectivity index (χ1v) is 8.01. The molecule has 0 amide bonds. The molecule has 0 aromatic rings. The lowest BCUT2D eigenvalue weighted by Crippen LogP contribution is -2.46. The first kappa shape index (κ1) is 13.4. The van der Waals surface area contributed by atoms with Gasteiger partial charge in [-0.3, -0.25) is 0 Å². The third-order valence-corrected chi connectivity index (χ3v) is 5.85. The van der Waals surface area contributed by atoms with Crippen molar-refractivity contribution in [3.8, 4) is 0 Å². The standard InChI is InChI=1S/C18H28O/c1-11-5-6-16(13(3)7-11)18-17-9-15(10-19-18)12(2)8-14(17)4/h5,8,12-13,15-18H,6-7,9-10H2,1-4H3/t12-,13+,15-,16-,17+,18-/m0/s1. The number of fused-ring (bicyclic) bond motifs is 2. The zero-order valence-corrected chi connectivity index (χ0v) is 12.9. The molecule has 2 aliphatic carbocycles. The Morgan fingerprint density at radius 3 is 2.74 bits per heavy atom. The van der Waals surface area contributed by atoms with Crippen molar-refractivity contribution in [1.82, 2.24) is 0 Å². The van der Waals surface area contributed by atoms with E-state index in [0.717, 1.165) is 24.4 Å². The molecule has 0 radical (unpaired) electrons. The van der Waals surface area contributed by atoms with Crippen LogP contribution in [0, 0.1) is 29.6 Å². The second-order valence-electron chi connectivity index (χ2n) is 7.30. The van der Waals surface area contributed by atoms with Crippen LogP contribution in [0.5, 0.6) is 0 Å². The maximum Gasteiger partial charge on any atom is 0.0674 e. The largest absolute Gasteiger partial charge is 0.377 e. The van der Waals surface area contributed by atoms with Gasteiger partial charge >= 0.3 is 0 Å². The SMILES string of the molecule is CC1=CC[C@H]([C@@H]2OC[C@@H]3C[C@@H]2C(C)=C[C@@H]3C)[C@H](C)C1. The molecule has 1 heteroatoms. The van der Waals surface area contributed by atoms with Gasteiger partial charge in [0.25, 0.3) is 0 Å². The monoisotopic (exact) mass is 260 g/mol. The molecule has 1 nitrogen and oxygen atoms in total. The Labute approximate surface area is 118 Å². The fourth-order valence-electron chi connectivity index (χ4n) is 4.56. The molecule has 0 aromatic heterocycles. The molecule has 3 aliphatic rings. The lowest BCUT2D eigenvalue weighted by atomic mass is 9.66. The summed E-state index contributed by atoms with van der Waals surface area (Å²) in [6, 6.07) is 0. The highest BCUT2D eigenvalue weighted by Crippen LogP contribution is 2.45. The Morgan fingerprint density at radius 1 is 1.21 bits per heavy atom. The topological polar surface area (TPSA) is 9.23 Å². The fraction of sp³-hybridized carbons (Fsp3) is 0.778. The Kier molecular flexibility index (Phi) is 3.59. The number of hydrogen-bond acceptors (Lipinski definition) is 1. The van der Waals surface area contributed by atoms with Crippen LogP contribution in [0.25, 0.3) is 0 Å². The molecular weight excluding hydrogens is 232 g/mol. The third kappa shape index (κ3) is 2.42. The fourth-order valence-corrected chi connectivity index (χ4v) is 4.56. The Morgan fingerprint density at radius 2 is 2.00 bits per heavy atom.